The summed E-state index contributed by atoms with van der Waals surface area (Å²) in [5.41, 5.74) is 2.34. The monoisotopic (exact) mass is 481 g/mol. The Morgan fingerprint density at radius 3 is 2.28 bits per heavy atom. The molecule has 1 heterocycles. The van der Waals surface area contributed by atoms with E-state index in [0.29, 0.717) is 45.5 Å². The first kappa shape index (κ1) is 22.9. The highest BCUT2D eigenvalue weighted by Crippen LogP contribution is 2.41. The summed E-state index contributed by atoms with van der Waals surface area (Å²) in [5.74, 6) is 1.77. The molecule has 8 nitrogen and oxygen atoms in total. The molecular formula is C28H23N3O5. The zero-order valence-electron chi connectivity index (χ0n) is 19.9. The second-order valence-corrected chi connectivity index (χ2v) is 7.86. The zero-order chi connectivity index (χ0) is 25.1. The largest absolute Gasteiger partial charge is 0.493 e. The van der Waals surface area contributed by atoms with Gasteiger partial charge in [-0.1, -0.05) is 53.7 Å². The van der Waals surface area contributed by atoms with Gasteiger partial charge in [-0.05, 0) is 41.1 Å². The van der Waals surface area contributed by atoms with Crippen molar-refractivity contribution in [2.45, 2.75) is 0 Å². The van der Waals surface area contributed by atoms with E-state index in [-0.39, 0.29) is 11.8 Å². The lowest BCUT2D eigenvalue weighted by molar-refractivity contribution is 0.102. The summed E-state index contributed by atoms with van der Waals surface area (Å²) in [5, 5.41) is 9.00. The van der Waals surface area contributed by atoms with Gasteiger partial charge in [-0.15, -0.1) is 0 Å². The molecule has 0 bridgehead atoms. The van der Waals surface area contributed by atoms with Gasteiger partial charge in [0.25, 0.3) is 11.8 Å². The van der Waals surface area contributed by atoms with Crippen LogP contribution in [0.5, 0.6) is 17.2 Å². The number of nitrogens with zero attached hydrogens (tertiary/aromatic N) is 2. The van der Waals surface area contributed by atoms with E-state index in [1.165, 1.54) is 21.3 Å². The fourth-order valence-corrected chi connectivity index (χ4v) is 4.05. The third-order valence-corrected chi connectivity index (χ3v) is 5.79. The summed E-state index contributed by atoms with van der Waals surface area (Å²) in [6.07, 6.45) is 0. The van der Waals surface area contributed by atoms with Gasteiger partial charge in [0.1, 0.15) is 0 Å². The number of benzene rings is 4. The molecule has 5 rings (SSSR count). The Morgan fingerprint density at radius 1 is 0.833 bits per heavy atom. The number of rotatable bonds is 7. The Labute approximate surface area is 207 Å². The number of para-hydroxylation sites is 1. The summed E-state index contributed by atoms with van der Waals surface area (Å²) in [6.45, 7) is 0. The minimum atomic E-state index is -0.233. The standard InChI is InChI=1S/C28H23N3O5/c1-33-23-15-18(16-24(34-2)25(23)35-3)26-30-28(36-31-26)21-12-6-7-14-22(21)29-27(32)20-13-8-10-17-9-4-5-11-19(17)20/h4-16H,1-3H3,(H,29,32). The minimum Gasteiger partial charge on any atom is -0.493 e. The third-order valence-electron chi connectivity index (χ3n) is 5.79. The molecule has 0 saturated heterocycles. The van der Waals surface area contributed by atoms with Crippen LogP contribution in [0, 0.1) is 0 Å². The molecule has 0 aliphatic heterocycles. The molecule has 0 saturated carbocycles. The molecule has 0 aliphatic carbocycles. The van der Waals surface area contributed by atoms with Gasteiger partial charge in [-0.3, -0.25) is 4.79 Å². The predicted octanol–water partition coefficient (Wildman–Crippen LogP) is 5.83. The number of hydrogen-bond donors (Lipinski definition) is 1. The Morgan fingerprint density at radius 2 is 1.53 bits per heavy atom. The average molecular weight is 482 g/mol. The Hall–Kier alpha value is -4.85. The van der Waals surface area contributed by atoms with Crippen LogP contribution in [0.4, 0.5) is 5.69 Å². The first-order valence-electron chi connectivity index (χ1n) is 11.2. The number of carbonyl (C=O) groups is 1. The summed E-state index contributed by atoms with van der Waals surface area (Å²) < 4.78 is 21.8. The lowest BCUT2D eigenvalue weighted by atomic mass is 10.0. The van der Waals surface area contributed by atoms with Crippen LogP contribution < -0.4 is 19.5 Å². The highest BCUT2D eigenvalue weighted by Gasteiger charge is 2.20. The maximum Gasteiger partial charge on any atom is 0.260 e. The SMILES string of the molecule is COc1cc(-c2noc(-c3ccccc3NC(=O)c3cccc4ccccc34)n2)cc(OC)c1OC. The second-order valence-electron chi connectivity index (χ2n) is 7.86. The maximum atomic E-state index is 13.2. The normalized spacial score (nSPS) is 10.8. The number of nitrogens with one attached hydrogen (secondary N) is 1. The molecule has 0 radical (unpaired) electrons. The van der Waals surface area contributed by atoms with E-state index in [1.54, 1.807) is 24.3 Å². The molecule has 36 heavy (non-hydrogen) atoms. The number of anilines is 1. The number of ether oxygens (including phenoxy) is 3. The van der Waals surface area contributed by atoms with E-state index in [2.05, 4.69) is 15.5 Å². The van der Waals surface area contributed by atoms with Crippen molar-refractivity contribution >= 4 is 22.4 Å². The van der Waals surface area contributed by atoms with Crippen LogP contribution in [0.1, 0.15) is 10.4 Å². The van der Waals surface area contributed by atoms with E-state index >= 15 is 0 Å². The second kappa shape index (κ2) is 9.79. The Balaban J connectivity index is 1.48. The van der Waals surface area contributed by atoms with E-state index in [9.17, 15) is 4.79 Å². The quantitative estimate of drug-likeness (QED) is 0.312. The van der Waals surface area contributed by atoms with Gasteiger partial charge in [-0.25, -0.2) is 0 Å². The number of amides is 1. The van der Waals surface area contributed by atoms with Gasteiger partial charge in [0.2, 0.25) is 11.6 Å². The molecule has 0 aliphatic rings. The molecule has 0 fully saturated rings. The van der Waals surface area contributed by atoms with Crippen molar-refractivity contribution in [3.05, 3.63) is 84.4 Å². The van der Waals surface area contributed by atoms with Crippen LogP contribution >= 0.6 is 0 Å². The van der Waals surface area contributed by atoms with Crippen molar-refractivity contribution in [2.24, 2.45) is 0 Å². The lowest BCUT2D eigenvalue weighted by Gasteiger charge is -2.12. The number of methoxy groups -OCH3 is 3. The average Bonchev–Trinajstić information content (AvgIpc) is 3.42. The fourth-order valence-electron chi connectivity index (χ4n) is 4.05. The summed E-state index contributed by atoms with van der Waals surface area (Å²) >= 11 is 0. The summed E-state index contributed by atoms with van der Waals surface area (Å²) in [4.78, 5) is 17.8. The van der Waals surface area contributed by atoms with Gasteiger partial charge in [-0.2, -0.15) is 4.98 Å². The first-order valence-corrected chi connectivity index (χ1v) is 11.2. The molecule has 180 valence electrons. The van der Waals surface area contributed by atoms with Crippen LogP contribution in [-0.2, 0) is 0 Å². The molecule has 1 amide bonds. The van der Waals surface area contributed by atoms with Gasteiger partial charge in [0.05, 0.1) is 32.6 Å². The van der Waals surface area contributed by atoms with E-state index < -0.39 is 0 Å². The summed E-state index contributed by atoms with van der Waals surface area (Å²) in [6, 6.07) is 24.2. The molecule has 0 unspecified atom stereocenters. The molecule has 1 aromatic heterocycles. The minimum absolute atomic E-state index is 0.233. The van der Waals surface area contributed by atoms with Crippen molar-refractivity contribution in [1.29, 1.82) is 0 Å². The van der Waals surface area contributed by atoms with Crippen LogP contribution in [0.25, 0.3) is 33.6 Å². The number of fused-ring (bicyclic) bond motifs is 1. The fraction of sp³-hybridized carbons (Fsp3) is 0.107. The number of aromatic nitrogens is 2. The molecule has 4 aromatic carbocycles. The topological polar surface area (TPSA) is 95.7 Å². The molecule has 0 atom stereocenters. The molecule has 8 heteroatoms. The molecular weight excluding hydrogens is 458 g/mol. The van der Waals surface area contributed by atoms with E-state index in [0.717, 1.165) is 10.8 Å². The van der Waals surface area contributed by atoms with Crippen LogP contribution in [0.2, 0.25) is 0 Å². The smallest absolute Gasteiger partial charge is 0.260 e. The number of carbonyl (C=O) groups excluding carboxylic acids is 1. The van der Waals surface area contributed by atoms with Crippen LogP contribution in [0.15, 0.2) is 83.4 Å². The van der Waals surface area contributed by atoms with Crippen molar-refractivity contribution in [3.8, 4) is 40.1 Å². The van der Waals surface area contributed by atoms with Crippen LogP contribution in [0.3, 0.4) is 0 Å². The van der Waals surface area contributed by atoms with Gasteiger partial charge < -0.3 is 24.1 Å². The molecule has 5 aromatic rings. The van der Waals surface area contributed by atoms with Crippen molar-refractivity contribution in [2.75, 3.05) is 26.6 Å². The maximum absolute atomic E-state index is 13.2. The molecule has 1 N–H and O–H groups in total. The molecule has 0 spiro atoms. The Kier molecular flexibility index (Phi) is 6.23. The van der Waals surface area contributed by atoms with Gasteiger partial charge in [0, 0.05) is 11.1 Å². The number of hydrogen-bond acceptors (Lipinski definition) is 7. The van der Waals surface area contributed by atoms with Gasteiger partial charge >= 0.3 is 0 Å². The van der Waals surface area contributed by atoms with Crippen molar-refractivity contribution in [1.82, 2.24) is 10.1 Å². The van der Waals surface area contributed by atoms with Gasteiger partial charge in [0.15, 0.2) is 11.5 Å². The highest BCUT2D eigenvalue weighted by atomic mass is 16.5. The third kappa shape index (κ3) is 4.20. The van der Waals surface area contributed by atoms with E-state index in [1.807, 2.05) is 54.6 Å². The van der Waals surface area contributed by atoms with Crippen molar-refractivity contribution in [3.63, 3.8) is 0 Å². The van der Waals surface area contributed by atoms with E-state index in [4.69, 9.17) is 18.7 Å². The van der Waals surface area contributed by atoms with Crippen molar-refractivity contribution < 1.29 is 23.5 Å². The van der Waals surface area contributed by atoms with Crippen LogP contribution in [-0.4, -0.2) is 37.4 Å². The zero-order valence-corrected chi connectivity index (χ0v) is 19.9. The Bertz CT molecular complexity index is 1530. The predicted molar refractivity (Wildman–Crippen MR) is 137 cm³/mol. The summed E-state index contributed by atoms with van der Waals surface area (Å²) in [7, 11) is 4.62. The lowest BCUT2D eigenvalue weighted by Crippen LogP contribution is -2.13. The first-order chi connectivity index (χ1) is 17.6. The highest BCUT2D eigenvalue weighted by molar-refractivity contribution is 6.13.